The number of carbonyl (C=O) groups excluding carboxylic acids is 2. The summed E-state index contributed by atoms with van der Waals surface area (Å²) < 4.78 is 0. The number of anilines is 2. The summed E-state index contributed by atoms with van der Waals surface area (Å²) in [4.78, 5) is 29.1. The molecule has 0 aliphatic carbocycles. The van der Waals surface area contributed by atoms with E-state index in [9.17, 15) is 9.59 Å². The fourth-order valence-electron chi connectivity index (χ4n) is 2.50. The number of halogens is 1. The molecule has 1 heterocycles. The summed E-state index contributed by atoms with van der Waals surface area (Å²) >= 11 is 5.92. The van der Waals surface area contributed by atoms with Gasteiger partial charge in [-0.3, -0.25) is 9.59 Å². The number of carbonyl (C=O) groups is 2. The number of pyridine rings is 1. The first-order valence-electron chi connectivity index (χ1n) is 8.32. The van der Waals surface area contributed by atoms with E-state index in [1.54, 1.807) is 48.5 Å². The molecule has 2 amide bonds. The van der Waals surface area contributed by atoms with Crippen LogP contribution in [0, 0.1) is 18.3 Å². The zero-order valence-electron chi connectivity index (χ0n) is 14.9. The van der Waals surface area contributed by atoms with Crippen molar-refractivity contribution in [2.24, 2.45) is 0 Å². The smallest absolute Gasteiger partial charge is 0.274 e. The molecule has 0 saturated carbocycles. The molecule has 0 fully saturated rings. The molecular formula is C21H15ClN4O2. The Labute approximate surface area is 166 Å². The average molecular weight is 391 g/mol. The molecule has 0 aliphatic rings. The predicted molar refractivity (Wildman–Crippen MR) is 107 cm³/mol. The van der Waals surface area contributed by atoms with Gasteiger partial charge in [-0.1, -0.05) is 23.7 Å². The topological polar surface area (TPSA) is 94.9 Å². The quantitative estimate of drug-likeness (QED) is 0.689. The first kappa shape index (κ1) is 19.1. The number of nitrogens with zero attached hydrogens (tertiary/aromatic N) is 2. The van der Waals surface area contributed by atoms with Crippen LogP contribution in [0.4, 0.5) is 11.4 Å². The second-order valence-corrected chi connectivity index (χ2v) is 6.40. The highest BCUT2D eigenvalue weighted by Gasteiger charge is 2.14. The van der Waals surface area contributed by atoms with E-state index in [1.807, 2.05) is 13.0 Å². The van der Waals surface area contributed by atoms with Gasteiger partial charge in [0.15, 0.2) is 0 Å². The van der Waals surface area contributed by atoms with E-state index < -0.39 is 11.8 Å². The van der Waals surface area contributed by atoms with Gasteiger partial charge in [0.1, 0.15) is 11.4 Å². The molecule has 6 nitrogen and oxygen atoms in total. The summed E-state index contributed by atoms with van der Waals surface area (Å²) in [6.45, 7) is 1.83. The molecular weight excluding hydrogens is 376 g/mol. The molecule has 0 aliphatic heterocycles. The van der Waals surface area contributed by atoms with Crippen LogP contribution in [0.15, 0.2) is 60.7 Å². The number of nitriles is 1. The van der Waals surface area contributed by atoms with Gasteiger partial charge in [0.2, 0.25) is 0 Å². The Kier molecular flexibility index (Phi) is 5.68. The van der Waals surface area contributed by atoms with Crippen LogP contribution >= 0.6 is 11.6 Å². The average Bonchev–Trinajstić information content (AvgIpc) is 2.70. The van der Waals surface area contributed by atoms with Crippen molar-refractivity contribution in [3.05, 3.63) is 88.2 Å². The molecule has 0 spiro atoms. The monoisotopic (exact) mass is 390 g/mol. The van der Waals surface area contributed by atoms with Gasteiger partial charge in [0.25, 0.3) is 11.8 Å². The van der Waals surface area contributed by atoms with Gasteiger partial charge in [0, 0.05) is 16.4 Å². The van der Waals surface area contributed by atoms with Crippen LogP contribution in [-0.2, 0) is 0 Å². The fourth-order valence-corrected chi connectivity index (χ4v) is 2.73. The Morgan fingerprint density at radius 1 is 0.964 bits per heavy atom. The molecule has 2 aromatic carbocycles. The molecule has 2 N–H and O–H groups in total. The lowest BCUT2D eigenvalue weighted by atomic mass is 10.2. The van der Waals surface area contributed by atoms with Crippen molar-refractivity contribution in [3.63, 3.8) is 0 Å². The van der Waals surface area contributed by atoms with E-state index in [0.717, 1.165) is 5.56 Å². The SMILES string of the molecule is Cc1cc(Cl)ccc1NC(=O)c1cccc(C(=O)Nc2cccc(C#N)c2)n1. The zero-order valence-corrected chi connectivity index (χ0v) is 15.6. The first-order valence-corrected chi connectivity index (χ1v) is 8.70. The fraction of sp³-hybridized carbons (Fsp3) is 0.0476. The largest absolute Gasteiger partial charge is 0.321 e. The molecule has 0 atom stereocenters. The molecule has 0 saturated heterocycles. The van der Waals surface area contributed by atoms with Crippen LogP contribution in [0.5, 0.6) is 0 Å². The Morgan fingerprint density at radius 3 is 2.32 bits per heavy atom. The molecule has 0 radical (unpaired) electrons. The molecule has 1 aromatic heterocycles. The maximum Gasteiger partial charge on any atom is 0.274 e. The number of amides is 2. The summed E-state index contributed by atoms with van der Waals surface area (Å²) in [7, 11) is 0. The minimum atomic E-state index is -0.479. The predicted octanol–water partition coefficient (Wildman–Crippen LogP) is 4.42. The van der Waals surface area contributed by atoms with E-state index in [1.165, 1.54) is 12.1 Å². The first-order chi connectivity index (χ1) is 13.5. The number of benzene rings is 2. The molecule has 3 rings (SSSR count). The van der Waals surface area contributed by atoms with Crippen molar-refractivity contribution in [2.75, 3.05) is 10.6 Å². The zero-order chi connectivity index (χ0) is 20.1. The highest BCUT2D eigenvalue weighted by molar-refractivity contribution is 6.30. The lowest BCUT2D eigenvalue weighted by molar-refractivity contribution is 0.101. The summed E-state index contributed by atoms with van der Waals surface area (Å²) in [5, 5.41) is 14.9. The van der Waals surface area contributed by atoms with Crippen molar-refractivity contribution < 1.29 is 9.59 Å². The highest BCUT2D eigenvalue weighted by atomic mass is 35.5. The van der Waals surface area contributed by atoms with Crippen molar-refractivity contribution in [1.29, 1.82) is 5.26 Å². The lowest BCUT2D eigenvalue weighted by Crippen LogP contribution is -2.18. The van der Waals surface area contributed by atoms with E-state index in [0.29, 0.717) is 22.0 Å². The number of hydrogen-bond donors (Lipinski definition) is 2. The summed E-state index contributed by atoms with van der Waals surface area (Å²) in [5.41, 5.74) is 2.51. The van der Waals surface area contributed by atoms with E-state index >= 15 is 0 Å². The number of nitrogens with one attached hydrogen (secondary N) is 2. The van der Waals surface area contributed by atoms with Gasteiger partial charge < -0.3 is 10.6 Å². The Balaban J connectivity index is 1.76. The third-order valence-electron chi connectivity index (χ3n) is 3.90. The molecule has 3 aromatic rings. The van der Waals surface area contributed by atoms with Gasteiger partial charge in [0.05, 0.1) is 11.6 Å². The maximum absolute atomic E-state index is 12.5. The number of rotatable bonds is 4. The normalized spacial score (nSPS) is 10.0. The number of aromatic nitrogens is 1. The minimum absolute atomic E-state index is 0.0860. The molecule has 0 bridgehead atoms. The highest BCUT2D eigenvalue weighted by Crippen LogP contribution is 2.20. The van der Waals surface area contributed by atoms with Gasteiger partial charge in [-0.25, -0.2) is 4.98 Å². The Morgan fingerprint density at radius 2 is 1.64 bits per heavy atom. The van der Waals surface area contributed by atoms with Gasteiger partial charge in [-0.2, -0.15) is 5.26 Å². The summed E-state index contributed by atoms with van der Waals surface area (Å²) in [6, 6.07) is 18.3. The van der Waals surface area contributed by atoms with Crippen LogP contribution in [0.3, 0.4) is 0 Å². The van der Waals surface area contributed by atoms with Crippen molar-refractivity contribution in [1.82, 2.24) is 4.98 Å². The molecule has 138 valence electrons. The van der Waals surface area contributed by atoms with E-state index in [2.05, 4.69) is 15.6 Å². The number of aryl methyl sites for hydroxylation is 1. The molecule has 28 heavy (non-hydrogen) atoms. The third-order valence-corrected chi connectivity index (χ3v) is 4.14. The van der Waals surface area contributed by atoms with Crippen LogP contribution in [0.25, 0.3) is 0 Å². The Hall–Kier alpha value is -3.69. The second-order valence-electron chi connectivity index (χ2n) is 5.97. The standard InChI is InChI=1S/C21H15ClN4O2/c1-13-10-15(22)8-9-17(13)26-21(28)19-7-3-6-18(25-19)20(27)24-16-5-2-4-14(11-16)12-23/h2-11H,1H3,(H,24,27)(H,26,28). The molecule has 0 unspecified atom stereocenters. The third kappa shape index (κ3) is 4.53. The summed E-state index contributed by atoms with van der Waals surface area (Å²) in [6.07, 6.45) is 0. The second kappa shape index (κ2) is 8.33. The van der Waals surface area contributed by atoms with E-state index in [-0.39, 0.29) is 11.4 Å². The Bertz CT molecular complexity index is 1110. The van der Waals surface area contributed by atoms with Crippen LogP contribution < -0.4 is 10.6 Å². The summed E-state index contributed by atoms with van der Waals surface area (Å²) in [5.74, 6) is -0.918. The van der Waals surface area contributed by atoms with Crippen molar-refractivity contribution >= 4 is 34.8 Å². The number of hydrogen-bond acceptors (Lipinski definition) is 4. The van der Waals surface area contributed by atoms with Gasteiger partial charge in [-0.05, 0) is 61.0 Å². The maximum atomic E-state index is 12.5. The van der Waals surface area contributed by atoms with Crippen molar-refractivity contribution in [2.45, 2.75) is 6.92 Å². The van der Waals surface area contributed by atoms with Crippen molar-refractivity contribution in [3.8, 4) is 6.07 Å². The van der Waals surface area contributed by atoms with Crippen LogP contribution in [0.2, 0.25) is 5.02 Å². The minimum Gasteiger partial charge on any atom is -0.321 e. The molecule has 7 heteroatoms. The van der Waals surface area contributed by atoms with Crippen LogP contribution in [-0.4, -0.2) is 16.8 Å². The van der Waals surface area contributed by atoms with E-state index in [4.69, 9.17) is 16.9 Å². The van der Waals surface area contributed by atoms with Gasteiger partial charge >= 0.3 is 0 Å². The van der Waals surface area contributed by atoms with Gasteiger partial charge in [-0.15, -0.1) is 0 Å². The van der Waals surface area contributed by atoms with Crippen LogP contribution in [0.1, 0.15) is 32.1 Å². The lowest BCUT2D eigenvalue weighted by Gasteiger charge is -2.09.